The quantitative estimate of drug-likeness (QED) is 0.702. The van der Waals surface area contributed by atoms with Crippen molar-refractivity contribution < 1.29 is 14.7 Å². The highest BCUT2D eigenvalue weighted by molar-refractivity contribution is 6.07. The molecule has 1 spiro atoms. The Morgan fingerprint density at radius 1 is 1.26 bits per heavy atom. The zero-order chi connectivity index (χ0) is 19.6. The van der Waals surface area contributed by atoms with Crippen molar-refractivity contribution in [2.45, 2.75) is 38.6 Å². The smallest absolute Gasteiger partial charge is 0.327 e. The van der Waals surface area contributed by atoms with Crippen LogP contribution in [0.5, 0.6) is 0 Å². The number of nitrogen functional groups attached to an aromatic ring is 1. The summed E-state index contributed by atoms with van der Waals surface area (Å²) in [6.45, 7) is 6.06. The summed E-state index contributed by atoms with van der Waals surface area (Å²) in [6, 6.07) is 1.49. The number of rotatable bonds is 6. The predicted octanol–water partition coefficient (Wildman–Crippen LogP) is 0.700. The minimum atomic E-state index is -0.800. The third-order valence-corrected chi connectivity index (χ3v) is 5.30. The summed E-state index contributed by atoms with van der Waals surface area (Å²) in [6.07, 6.45) is 2.92. The Bertz CT molecular complexity index is 702. The number of aromatic nitrogens is 2. The van der Waals surface area contributed by atoms with E-state index >= 15 is 0 Å². The van der Waals surface area contributed by atoms with Crippen LogP contribution in [0.25, 0.3) is 0 Å². The standard InChI is InChI=1S/C18H28N6O3/c1-13(2)11-24-17(27)23(6-3-9-25)16(26)18(24)4-7-22(8-5-18)15-10-14(19)20-12-21-15/h10,12-13,25H,3-9,11H2,1-2H3,(H2,19,20,21). The van der Waals surface area contributed by atoms with Crippen LogP contribution in [0.15, 0.2) is 12.4 Å². The number of carbonyl (C=O) groups is 2. The van der Waals surface area contributed by atoms with Gasteiger partial charge in [-0.15, -0.1) is 0 Å². The Kier molecular flexibility index (Phi) is 5.50. The van der Waals surface area contributed by atoms with E-state index in [1.54, 1.807) is 11.0 Å². The van der Waals surface area contributed by atoms with Gasteiger partial charge in [0.25, 0.3) is 5.91 Å². The van der Waals surface area contributed by atoms with Crippen molar-refractivity contribution in [1.82, 2.24) is 19.8 Å². The van der Waals surface area contributed by atoms with Gasteiger partial charge < -0.3 is 20.6 Å². The number of urea groups is 1. The SMILES string of the molecule is CC(C)CN1C(=O)N(CCCO)C(=O)C12CCN(c1cc(N)ncn1)CC2. The maximum atomic E-state index is 13.2. The van der Waals surface area contributed by atoms with Gasteiger partial charge in [0.2, 0.25) is 0 Å². The van der Waals surface area contributed by atoms with E-state index in [2.05, 4.69) is 14.9 Å². The molecule has 0 saturated carbocycles. The number of amides is 3. The molecule has 3 amide bonds. The fourth-order valence-corrected chi connectivity index (χ4v) is 3.95. The van der Waals surface area contributed by atoms with Crippen LogP contribution >= 0.6 is 0 Å². The molecule has 0 bridgehead atoms. The van der Waals surface area contributed by atoms with Crippen LogP contribution in [0.2, 0.25) is 0 Å². The minimum absolute atomic E-state index is 0.0445. The minimum Gasteiger partial charge on any atom is -0.396 e. The van der Waals surface area contributed by atoms with E-state index in [0.29, 0.717) is 44.7 Å². The molecule has 3 rings (SSSR count). The molecule has 2 aliphatic heterocycles. The van der Waals surface area contributed by atoms with Crippen molar-refractivity contribution in [2.75, 3.05) is 43.4 Å². The van der Waals surface area contributed by atoms with Crippen molar-refractivity contribution in [2.24, 2.45) is 5.92 Å². The highest BCUT2D eigenvalue weighted by Gasteiger charge is 2.57. The first-order chi connectivity index (χ1) is 12.9. The van der Waals surface area contributed by atoms with Crippen molar-refractivity contribution >= 4 is 23.6 Å². The van der Waals surface area contributed by atoms with Crippen LogP contribution in [0.4, 0.5) is 16.4 Å². The van der Waals surface area contributed by atoms with Gasteiger partial charge in [0.15, 0.2) is 0 Å². The Morgan fingerprint density at radius 2 is 1.96 bits per heavy atom. The van der Waals surface area contributed by atoms with Gasteiger partial charge in [0, 0.05) is 38.9 Å². The van der Waals surface area contributed by atoms with Crippen molar-refractivity contribution in [3.05, 3.63) is 12.4 Å². The van der Waals surface area contributed by atoms with E-state index in [0.717, 1.165) is 5.82 Å². The number of aliphatic hydroxyl groups excluding tert-OH is 1. The van der Waals surface area contributed by atoms with Crippen LogP contribution in [-0.2, 0) is 4.79 Å². The second-order valence-electron chi connectivity index (χ2n) is 7.64. The van der Waals surface area contributed by atoms with Crippen molar-refractivity contribution in [3.63, 3.8) is 0 Å². The second kappa shape index (κ2) is 7.67. The van der Waals surface area contributed by atoms with E-state index in [9.17, 15) is 9.59 Å². The highest BCUT2D eigenvalue weighted by Crippen LogP contribution is 2.38. The van der Waals surface area contributed by atoms with Crippen LogP contribution in [-0.4, -0.2) is 75.1 Å². The lowest BCUT2D eigenvalue weighted by atomic mass is 9.85. The molecule has 0 aliphatic carbocycles. The lowest BCUT2D eigenvalue weighted by Gasteiger charge is -2.43. The summed E-state index contributed by atoms with van der Waals surface area (Å²) in [7, 11) is 0. The molecule has 0 unspecified atom stereocenters. The molecule has 2 aliphatic rings. The number of piperidine rings is 1. The number of aliphatic hydroxyl groups is 1. The molecule has 27 heavy (non-hydrogen) atoms. The van der Waals surface area contributed by atoms with Gasteiger partial charge in [-0.25, -0.2) is 14.8 Å². The third kappa shape index (κ3) is 3.55. The Hall–Kier alpha value is -2.42. The number of nitrogens with two attached hydrogens (primary N) is 1. The summed E-state index contributed by atoms with van der Waals surface area (Å²) in [4.78, 5) is 39.5. The van der Waals surface area contributed by atoms with E-state index < -0.39 is 5.54 Å². The Morgan fingerprint density at radius 3 is 2.56 bits per heavy atom. The molecule has 0 radical (unpaired) electrons. The average Bonchev–Trinajstić information content (AvgIpc) is 2.82. The molecule has 148 valence electrons. The third-order valence-electron chi connectivity index (χ3n) is 5.30. The first kappa shape index (κ1) is 19.3. The molecular weight excluding hydrogens is 348 g/mol. The summed E-state index contributed by atoms with van der Waals surface area (Å²) in [5.41, 5.74) is 4.95. The summed E-state index contributed by atoms with van der Waals surface area (Å²) in [5, 5.41) is 9.10. The molecule has 3 heterocycles. The number of anilines is 2. The number of hydrogen-bond donors (Lipinski definition) is 2. The zero-order valence-corrected chi connectivity index (χ0v) is 16.0. The van der Waals surface area contributed by atoms with Gasteiger partial charge in [-0.3, -0.25) is 9.69 Å². The average molecular weight is 376 g/mol. The van der Waals surface area contributed by atoms with Crippen LogP contribution < -0.4 is 10.6 Å². The van der Waals surface area contributed by atoms with Gasteiger partial charge in [-0.05, 0) is 25.2 Å². The van der Waals surface area contributed by atoms with Crippen LogP contribution in [0.1, 0.15) is 33.1 Å². The normalized spacial score (nSPS) is 19.6. The summed E-state index contributed by atoms with van der Waals surface area (Å²) in [5.74, 6) is 1.27. The summed E-state index contributed by atoms with van der Waals surface area (Å²) < 4.78 is 0. The molecule has 2 fully saturated rings. The lowest BCUT2D eigenvalue weighted by molar-refractivity contribution is -0.134. The van der Waals surface area contributed by atoms with Gasteiger partial charge in [-0.1, -0.05) is 13.8 Å². The van der Waals surface area contributed by atoms with Crippen LogP contribution in [0, 0.1) is 5.92 Å². The Labute approximate surface area is 159 Å². The van der Waals surface area contributed by atoms with E-state index in [1.807, 2.05) is 13.8 Å². The van der Waals surface area contributed by atoms with Crippen LogP contribution in [0.3, 0.4) is 0 Å². The molecule has 2 saturated heterocycles. The van der Waals surface area contributed by atoms with E-state index in [4.69, 9.17) is 10.8 Å². The van der Waals surface area contributed by atoms with Gasteiger partial charge in [-0.2, -0.15) is 0 Å². The maximum absolute atomic E-state index is 13.2. The molecule has 3 N–H and O–H groups in total. The van der Waals surface area contributed by atoms with Crippen molar-refractivity contribution in [3.8, 4) is 0 Å². The summed E-state index contributed by atoms with van der Waals surface area (Å²) >= 11 is 0. The van der Waals surface area contributed by atoms with E-state index in [-0.39, 0.29) is 31.0 Å². The molecule has 0 atom stereocenters. The van der Waals surface area contributed by atoms with Gasteiger partial charge >= 0.3 is 6.03 Å². The zero-order valence-electron chi connectivity index (χ0n) is 16.0. The molecule has 9 nitrogen and oxygen atoms in total. The number of imide groups is 1. The molecule has 9 heteroatoms. The molecule has 1 aromatic rings. The number of hydrogen-bond acceptors (Lipinski definition) is 7. The molecule has 0 aromatic carbocycles. The maximum Gasteiger partial charge on any atom is 0.327 e. The first-order valence-electron chi connectivity index (χ1n) is 9.46. The first-order valence-corrected chi connectivity index (χ1v) is 9.46. The highest BCUT2D eigenvalue weighted by atomic mass is 16.3. The number of nitrogens with zero attached hydrogens (tertiary/aromatic N) is 5. The van der Waals surface area contributed by atoms with Crippen molar-refractivity contribution in [1.29, 1.82) is 0 Å². The lowest BCUT2D eigenvalue weighted by Crippen LogP contribution is -2.57. The predicted molar refractivity (Wildman–Crippen MR) is 101 cm³/mol. The van der Waals surface area contributed by atoms with Gasteiger partial charge in [0.1, 0.15) is 23.5 Å². The Balaban J connectivity index is 1.81. The monoisotopic (exact) mass is 376 g/mol. The van der Waals surface area contributed by atoms with E-state index in [1.165, 1.54) is 11.2 Å². The second-order valence-corrected chi connectivity index (χ2v) is 7.64. The van der Waals surface area contributed by atoms with Gasteiger partial charge in [0.05, 0.1) is 0 Å². The largest absolute Gasteiger partial charge is 0.396 e. The topological polar surface area (TPSA) is 116 Å². The molecular formula is C18H28N6O3. The fraction of sp³-hybridized carbons (Fsp3) is 0.667. The molecule has 1 aromatic heterocycles. The number of carbonyl (C=O) groups excluding carboxylic acids is 2. The fourth-order valence-electron chi connectivity index (χ4n) is 3.95.